The molecule has 0 spiro atoms. The van der Waals surface area contributed by atoms with Gasteiger partial charge in [-0.1, -0.05) is 24.9 Å². The summed E-state index contributed by atoms with van der Waals surface area (Å²) in [5, 5.41) is 5.36. The van der Waals surface area contributed by atoms with Crippen molar-refractivity contribution in [3.05, 3.63) is 82.5 Å². The van der Waals surface area contributed by atoms with Crippen LogP contribution in [0.1, 0.15) is 49.8 Å². The number of amides is 3. The lowest BCUT2D eigenvalue weighted by Crippen LogP contribution is -2.37. The van der Waals surface area contributed by atoms with Crippen LogP contribution in [0.2, 0.25) is 5.02 Å². The van der Waals surface area contributed by atoms with Crippen LogP contribution >= 0.6 is 11.6 Å². The molecule has 3 aromatic rings. The number of halogens is 3. The zero-order valence-corrected chi connectivity index (χ0v) is 23.8. The molecule has 3 amide bonds. The number of nitrogens with zero attached hydrogens (tertiary/aromatic N) is 2. The van der Waals surface area contributed by atoms with Crippen molar-refractivity contribution < 1.29 is 27.9 Å². The highest BCUT2D eigenvalue weighted by Gasteiger charge is 2.31. The Morgan fingerprint density at radius 3 is 2.71 bits per heavy atom. The molecule has 2 aromatic carbocycles. The summed E-state index contributed by atoms with van der Waals surface area (Å²) in [4.78, 5) is 44.6. The van der Waals surface area contributed by atoms with Crippen molar-refractivity contribution in [2.45, 2.75) is 38.6 Å². The number of aromatic nitrogens is 1. The maximum atomic E-state index is 14.7. The molecule has 2 aliphatic heterocycles. The maximum Gasteiger partial charge on any atom is 0.411 e. The van der Waals surface area contributed by atoms with Gasteiger partial charge in [0.25, 0.3) is 0 Å². The number of benzene rings is 2. The zero-order valence-electron chi connectivity index (χ0n) is 23.0. The van der Waals surface area contributed by atoms with Gasteiger partial charge in [0.05, 0.1) is 35.1 Å². The second kappa shape index (κ2) is 12.3. The molecule has 11 heteroatoms. The molecule has 8 nitrogen and oxygen atoms in total. The van der Waals surface area contributed by atoms with E-state index in [9.17, 15) is 23.2 Å². The number of anilines is 2. The molecular formula is C31H29ClF2N4O4. The number of carbonyl (C=O) groups is 3. The molecule has 2 bridgehead atoms. The fourth-order valence-corrected chi connectivity index (χ4v) is 5.57. The lowest BCUT2D eigenvalue weighted by atomic mass is 9.91. The third kappa shape index (κ3) is 5.99. The molecule has 218 valence electrons. The predicted octanol–water partition coefficient (Wildman–Crippen LogP) is 6.97. The average molecular weight is 595 g/mol. The number of hydrogen-bond acceptors (Lipinski definition) is 5. The average Bonchev–Trinajstić information content (AvgIpc) is 2.97. The van der Waals surface area contributed by atoms with Gasteiger partial charge in [0.1, 0.15) is 5.82 Å². The first-order valence-electron chi connectivity index (χ1n) is 13.6. The molecule has 0 saturated carbocycles. The largest absolute Gasteiger partial charge is 0.453 e. The molecule has 2 unspecified atom stereocenters. The van der Waals surface area contributed by atoms with Crippen molar-refractivity contribution in [1.82, 2.24) is 9.88 Å². The van der Waals surface area contributed by atoms with Gasteiger partial charge in [0.15, 0.2) is 5.82 Å². The quantitative estimate of drug-likeness (QED) is 0.319. The third-order valence-electron chi connectivity index (χ3n) is 7.66. The standard InChI is InChI=1S/C31H29ClF2N4O4/c1-17-4-3-5-26(38-13-11-19(15-27(38)39)28-23(33)9-8-22(32)29(28)34)18-10-12-35-24(14-18)21-7-6-20(36-31(41)42-2)16-25(21)37-30(17)40/h6-10,12,14-17,26H,3-5,11,13H2,1-2H3,(H,36,41)(H,37,40). The highest BCUT2D eigenvalue weighted by atomic mass is 35.5. The fraction of sp³-hybridized carbons (Fsp3) is 0.290. The number of methoxy groups -OCH3 is 1. The summed E-state index contributed by atoms with van der Waals surface area (Å²) in [6, 6.07) is 10.7. The number of fused-ring (bicyclic) bond motifs is 4. The van der Waals surface area contributed by atoms with Crippen LogP contribution in [0.3, 0.4) is 0 Å². The van der Waals surface area contributed by atoms with Gasteiger partial charge >= 0.3 is 6.09 Å². The van der Waals surface area contributed by atoms with Crippen molar-refractivity contribution in [3.63, 3.8) is 0 Å². The van der Waals surface area contributed by atoms with Crippen molar-refractivity contribution >= 4 is 46.5 Å². The van der Waals surface area contributed by atoms with Crippen LogP contribution in [-0.4, -0.2) is 41.4 Å². The molecule has 42 heavy (non-hydrogen) atoms. The van der Waals surface area contributed by atoms with Gasteiger partial charge in [0, 0.05) is 36.0 Å². The first-order valence-corrected chi connectivity index (χ1v) is 13.9. The van der Waals surface area contributed by atoms with E-state index in [1.807, 2.05) is 19.1 Å². The molecule has 2 atom stereocenters. The number of carbonyl (C=O) groups excluding carboxylic acids is 3. The van der Waals surface area contributed by atoms with Gasteiger partial charge in [-0.2, -0.15) is 0 Å². The number of pyridine rings is 1. The summed E-state index contributed by atoms with van der Waals surface area (Å²) in [5.41, 5.74) is 2.91. The van der Waals surface area contributed by atoms with E-state index >= 15 is 0 Å². The summed E-state index contributed by atoms with van der Waals surface area (Å²) in [7, 11) is 1.26. The van der Waals surface area contributed by atoms with E-state index in [2.05, 4.69) is 20.4 Å². The lowest BCUT2D eigenvalue weighted by molar-refractivity contribution is -0.129. The van der Waals surface area contributed by atoms with Crippen LogP contribution < -0.4 is 10.6 Å². The van der Waals surface area contributed by atoms with Gasteiger partial charge in [-0.15, -0.1) is 0 Å². The smallest absolute Gasteiger partial charge is 0.411 e. The minimum atomic E-state index is -0.884. The van der Waals surface area contributed by atoms with Crippen molar-refractivity contribution in [2.24, 2.45) is 5.92 Å². The Morgan fingerprint density at radius 1 is 1.14 bits per heavy atom. The Hall–Kier alpha value is -4.31. The van der Waals surface area contributed by atoms with Crippen LogP contribution in [0.5, 0.6) is 0 Å². The third-order valence-corrected chi connectivity index (χ3v) is 7.95. The number of ether oxygens (including phenoxy) is 1. The molecule has 3 heterocycles. The van der Waals surface area contributed by atoms with E-state index in [4.69, 9.17) is 11.6 Å². The Balaban J connectivity index is 1.52. The maximum absolute atomic E-state index is 14.7. The summed E-state index contributed by atoms with van der Waals surface area (Å²) in [6.45, 7) is 2.08. The van der Waals surface area contributed by atoms with Crippen LogP contribution in [0, 0.1) is 17.6 Å². The number of hydrogen-bond donors (Lipinski definition) is 2. The molecule has 0 saturated heterocycles. The van der Waals surface area contributed by atoms with Gasteiger partial charge in [0.2, 0.25) is 11.8 Å². The SMILES string of the molecule is COC(=O)Nc1ccc2c(c1)NC(=O)C(C)CCCC(N1CCC(c3c(F)ccc(Cl)c3F)=CC1=O)c1ccnc-2c1. The summed E-state index contributed by atoms with van der Waals surface area (Å²) >= 11 is 5.89. The van der Waals surface area contributed by atoms with E-state index in [0.717, 1.165) is 17.7 Å². The van der Waals surface area contributed by atoms with Gasteiger partial charge < -0.3 is 15.0 Å². The van der Waals surface area contributed by atoms with E-state index < -0.39 is 17.7 Å². The molecule has 1 aromatic heterocycles. The minimum absolute atomic E-state index is 0.188. The van der Waals surface area contributed by atoms with Crippen LogP contribution in [0.25, 0.3) is 16.8 Å². The molecular weight excluding hydrogens is 566 g/mol. The van der Waals surface area contributed by atoms with Crippen LogP contribution in [0.15, 0.2) is 54.7 Å². The number of nitrogens with one attached hydrogen (secondary N) is 2. The van der Waals surface area contributed by atoms with Crippen molar-refractivity contribution in [2.75, 3.05) is 24.3 Å². The van der Waals surface area contributed by atoms with E-state index in [1.54, 1.807) is 29.3 Å². The lowest BCUT2D eigenvalue weighted by Gasteiger charge is -2.35. The van der Waals surface area contributed by atoms with Crippen molar-refractivity contribution in [3.8, 4) is 11.3 Å². The van der Waals surface area contributed by atoms with Gasteiger partial charge in [-0.05, 0) is 72.9 Å². The van der Waals surface area contributed by atoms with E-state index in [-0.39, 0.29) is 52.9 Å². The molecule has 5 rings (SSSR count). The first-order chi connectivity index (χ1) is 20.2. The highest BCUT2D eigenvalue weighted by Crippen LogP contribution is 2.38. The Morgan fingerprint density at radius 2 is 1.95 bits per heavy atom. The molecule has 0 radical (unpaired) electrons. The van der Waals surface area contributed by atoms with Crippen LogP contribution in [-0.2, 0) is 14.3 Å². The summed E-state index contributed by atoms with van der Waals surface area (Å²) in [6.07, 6.45) is 4.31. The molecule has 0 fully saturated rings. The van der Waals surface area contributed by atoms with Gasteiger partial charge in [-0.3, -0.25) is 19.9 Å². The number of rotatable bonds is 3. The first kappa shape index (κ1) is 29.2. The Bertz CT molecular complexity index is 1600. The Labute approximate surface area is 246 Å². The highest BCUT2D eigenvalue weighted by molar-refractivity contribution is 6.31. The fourth-order valence-electron chi connectivity index (χ4n) is 5.41. The van der Waals surface area contributed by atoms with Crippen LogP contribution in [0.4, 0.5) is 25.0 Å². The van der Waals surface area contributed by atoms with E-state index in [0.29, 0.717) is 41.9 Å². The van der Waals surface area contributed by atoms with Gasteiger partial charge in [-0.25, -0.2) is 13.6 Å². The molecule has 2 N–H and O–H groups in total. The predicted molar refractivity (Wildman–Crippen MR) is 156 cm³/mol. The summed E-state index contributed by atoms with van der Waals surface area (Å²) in [5.74, 6) is -2.55. The Kier molecular flexibility index (Phi) is 8.54. The molecule has 0 aliphatic carbocycles. The zero-order chi connectivity index (χ0) is 30.0. The molecule has 2 aliphatic rings. The monoisotopic (exact) mass is 594 g/mol. The minimum Gasteiger partial charge on any atom is -0.453 e. The second-order valence-electron chi connectivity index (χ2n) is 10.4. The summed E-state index contributed by atoms with van der Waals surface area (Å²) < 4.78 is 33.9. The second-order valence-corrected chi connectivity index (χ2v) is 10.8. The van der Waals surface area contributed by atoms with E-state index in [1.165, 1.54) is 13.2 Å². The topological polar surface area (TPSA) is 101 Å². The normalized spacial score (nSPS) is 19.1. The van der Waals surface area contributed by atoms with Crippen molar-refractivity contribution in [1.29, 1.82) is 0 Å².